The molecule has 2 aliphatic rings. The Labute approximate surface area is 247 Å². The number of carbonyl (C=O) groups is 2. The number of hydrogen-bond donors (Lipinski definition) is 3. The van der Waals surface area contributed by atoms with Crippen LogP contribution in [0.3, 0.4) is 0 Å². The van der Waals surface area contributed by atoms with Crippen LogP contribution in [0.25, 0.3) is 0 Å². The Hall–Kier alpha value is -2.87. The molecule has 3 atom stereocenters. The number of carbonyl (C=O) groups excluding carboxylic acids is 2. The first-order valence-corrected chi connectivity index (χ1v) is 16.0. The first-order valence-electron chi connectivity index (χ1n) is 14.1. The number of halogens is 2. The molecule has 2 fully saturated rings. The minimum atomic E-state index is -3.73. The summed E-state index contributed by atoms with van der Waals surface area (Å²) < 4.78 is 60.5. The fourth-order valence-electron chi connectivity index (χ4n) is 5.47. The molecule has 2 radical (unpaired) electrons. The molecule has 2 aromatic carbocycles. The molecule has 0 bridgehead atoms. The first-order chi connectivity index (χ1) is 20.0. The number of nitrogens with one attached hydrogen (secondary N) is 3. The summed E-state index contributed by atoms with van der Waals surface area (Å²) in [5.74, 6) is -1.52. The lowest BCUT2D eigenvalue weighted by atomic mass is 9.91. The van der Waals surface area contributed by atoms with Crippen molar-refractivity contribution in [2.45, 2.75) is 63.4 Å². The number of hydrogen-bond acceptors (Lipinski definition) is 6. The lowest BCUT2D eigenvalue weighted by molar-refractivity contribution is -0.140. The molecule has 42 heavy (non-hydrogen) atoms. The molecule has 0 aliphatic carbocycles. The van der Waals surface area contributed by atoms with E-state index in [0.29, 0.717) is 24.3 Å². The summed E-state index contributed by atoms with van der Waals surface area (Å²) in [6.07, 6.45) is 3.37. The van der Waals surface area contributed by atoms with Crippen molar-refractivity contribution < 1.29 is 31.5 Å². The van der Waals surface area contributed by atoms with E-state index in [1.807, 2.05) is 0 Å². The summed E-state index contributed by atoms with van der Waals surface area (Å²) in [7, 11) is 1.90. The van der Waals surface area contributed by atoms with Gasteiger partial charge >= 0.3 is 0 Å². The van der Waals surface area contributed by atoms with Gasteiger partial charge in [-0.05, 0) is 68.5 Å². The molecule has 1 unspecified atom stereocenters. The molecule has 13 heteroatoms. The van der Waals surface area contributed by atoms with Crippen LogP contribution in [0.15, 0.2) is 42.5 Å². The molecule has 0 saturated carbocycles. The van der Waals surface area contributed by atoms with Gasteiger partial charge in [0, 0.05) is 25.1 Å². The van der Waals surface area contributed by atoms with E-state index >= 15 is 0 Å². The Morgan fingerprint density at radius 1 is 1.14 bits per heavy atom. The molecule has 2 saturated heterocycles. The van der Waals surface area contributed by atoms with Crippen molar-refractivity contribution >= 4 is 35.1 Å². The number of piperidine rings is 1. The number of ether oxygens (including phenoxy) is 1. The van der Waals surface area contributed by atoms with Crippen LogP contribution in [-0.4, -0.2) is 77.1 Å². The largest absolute Gasteiger partial charge is 0.371 e. The lowest BCUT2D eigenvalue weighted by Crippen LogP contribution is -2.53. The van der Waals surface area contributed by atoms with E-state index < -0.39 is 51.7 Å². The molecule has 2 aromatic rings. The average Bonchev–Trinajstić information content (AvgIpc) is 3.38. The van der Waals surface area contributed by atoms with Crippen LogP contribution in [-0.2, 0) is 37.5 Å². The van der Waals surface area contributed by atoms with Crippen LogP contribution in [0.5, 0.6) is 0 Å². The Balaban J connectivity index is 1.49. The van der Waals surface area contributed by atoms with Gasteiger partial charge in [-0.25, -0.2) is 21.9 Å². The highest BCUT2D eigenvalue weighted by atomic mass is 32.2. The molecule has 226 valence electrons. The second-order valence-corrected chi connectivity index (χ2v) is 12.9. The van der Waals surface area contributed by atoms with Crippen molar-refractivity contribution in [3.8, 4) is 0 Å². The second-order valence-electron chi connectivity index (χ2n) is 11.1. The number of nitrogens with zero attached hydrogens (tertiary/aromatic N) is 1. The Morgan fingerprint density at radius 3 is 2.52 bits per heavy atom. The van der Waals surface area contributed by atoms with Crippen molar-refractivity contribution in [2.75, 3.05) is 25.9 Å². The van der Waals surface area contributed by atoms with Crippen LogP contribution in [0.2, 0.25) is 0 Å². The van der Waals surface area contributed by atoms with Gasteiger partial charge in [0.05, 0.1) is 19.0 Å². The molecule has 9 nitrogen and oxygen atoms in total. The smallest absolute Gasteiger partial charge is 0.243 e. The quantitative estimate of drug-likeness (QED) is 0.315. The molecular formula is C29H37BF2N4O5S. The maximum Gasteiger partial charge on any atom is 0.243 e. The monoisotopic (exact) mass is 602 g/mol. The number of rotatable bonds is 12. The predicted molar refractivity (Wildman–Crippen MR) is 155 cm³/mol. The summed E-state index contributed by atoms with van der Waals surface area (Å²) in [6, 6.07) is 7.95. The molecule has 3 N–H and O–H groups in total. The van der Waals surface area contributed by atoms with Gasteiger partial charge in [-0.1, -0.05) is 29.7 Å². The molecule has 2 heterocycles. The Bertz CT molecular complexity index is 1340. The Morgan fingerprint density at radius 2 is 1.86 bits per heavy atom. The average molecular weight is 603 g/mol. The topological polar surface area (TPSA) is 117 Å². The maximum absolute atomic E-state index is 14.3. The molecule has 2 amide bonds. The normalized spacial score (nSPS) is 20.4. The highest BCUT2D eigenvalue weighted by Gasteiger charge is 2.42. The first kappa shape index (κ1) is 32.1. The minimum Gasteiger partial charge on any atom is -0.371 e. The molecule has 0 aromatic heterocycles. The van der Waals surface area contributed by atoms with Crippen molar-refractivity contribution in [2.24, 2.45) is 5.92 Å². The zero-order valence-corrected chi connectivity index (χ0v) is 24.5. The van der Waals surface area contributed by atoms with Crippen LogP contribution in [0.4, 0.5) is 8.78 Å². The molecular weight excluding hydrogens is 565 g/mol. The van der Waals surface area contributed by atoms with Gasteiger partial charge in [0.15, 0.2) is 0 Å². The highest BCUT2D eigenvalue weighted by Crippen LogP contribution is 2.26. The van der Waals surface area contributed by atoms with E-state index in [1.165, 1.54) is 29.2 Å². The predicted octanol–water partition coefficient (Wildman–Crippen LogP) is 1.26. The van der Waals surface area contributed by atoms with E-state index in [4.69, 9.17) is 12.6 Å². The van der Waals surface area contributed by atoms with Crippen molar-refractivity contribution in [1.29, 1.82) is 0 Å². The Kier molecular flexibility index (Phi) is 11.1. The van der Waals surface area contributed by atoms with Gasteiger partial charge in [-0.3, -0.25) is 9.59 Å². The number of likely N-dealkylation sites (tertiary alicyclic amines) is 1. The minimum absolute atomic E-state index is 0.0271. The van der Waals surface area contributed by atoms with E-state index in [2.05, 4.69) is 15.4 Å². The molecule has 0 spiro atoms. The summed E-state index contributed by atoms with van der Waals surface area (Å²) in [5, 5.41) is 6.09. The maximum atomic E-state index is 14.3. The standard InChI is InChI=1S/C29H37BF2N4O5S/c1-42(39,40)35-26(9-4-19-10-12-33-13-11-19)29(38)36-17-24(41-18-21-5-6-22(30)14-25(21)32)15-27(36)28(37)34-16-20-2-7-23(31)8-3-20/h2-3,5-8,14,19,24,26-27,33,35H,4,9-13,15-18H2,1H3,(H,34,37)/t24-,26-,27?/m1/s1. The third kappa shape index (κ3) is 9.32. The van der Waals surface area contributed by atoms with Crippen LogP contribution in [0.1, 0.15) is 43.2 Å². The van der Waals surface area contributed by atoms with E-state index in [9.17, 15) is 26.8 Å². The summed E-state index contributed by atoms with van der Waals surface area (Å²) in [6.45, 7) is 1.79. The zero-order chi connectivity index (χ0) is 30.3. The number of benzene rings is 2. The highest BCUT2D eigenvalue weighted by molar-refractivity contribution is 7.88. The molecule has 2 aliphatic heterocycles. The van der Waals surface area contributed by atoms with Crippen LogP contribution >= 0.6 is 0 Å². The zero-order valence-electron chi connectivity index (χ0n) is 23.7. The van der Waals surface area contributed by atoms with Crippen LogP contribution < -0.4 is 20.8 Å². The van der Waals surface area contributed by atoms with Gasteiger partial charge in [-0.15, -0.1) is 0 Å². The van der Waals surface area contributed by atoms with Gasteiger partial charge in [0.1, 0.15) is 31.6 Å². The van der Waals surface area contributed by atoms with E-state index in [0.717, 1.165) is 32.2 Å². The number of amides is 2. The third-order valence-corrected chi connectivity index (χ3v) is 8.47. The van der Waals surface area contributed by atoms with Crippen molar-refractivity contribution in [3.63, 3.8) is 0 Å². The van der Waals surface area contributed by atoms with Gasteiger partial charge in [-0.2, -0.15) is 0 Å². The van der Waals surface area contributed by atoms with Gasteiger partial charge < -0.3 is 20.3 Å². The van der Waals surface area contributed by atoms with Crippen molar-refractivity contribution in [3.05, 3.63) is 65.2 Å². The third-order valence-electron chi connectivity index (χ3n) is 7.76. The molecule has 4 rings (SSSR count). The summed E-state index contributed by atoms with van der Waals surface area (Å²) >= 11 is 0. The summed E-state index contributed by atoms with van der Waals surface area (Å²) in [5.41, 5.74) is 1.23. The fourth-order valence-corrected chi connectivity index (χ4v) is 6.21. The van der Waals surface area contributed by atoms with Gasteiger partial charge in [0.25, 0.3) is 0 Å². The fraction of sp³-hybridized carbons (Fsp3) is 0.517. The van der Waals surface area contributed by atoms with Crippen LogP contribution in [0, 0.1) is 17.6 Å². The van der Waals surface area contributed by atoms with Crippen molar-refractivity contribution in [1.82, 2.24) is 20.3 Å². The second kappa shape index (κ2) is 14.5. The lowest BCUT2D eigenvalue weighted by Gasteiger charge is -2.30. The van der Waals surface area contributed by atoms with Gasteiger partial charge in [0.2, 0.25) is 21.8 Å². The SMILES string of the molecule is [B]c1ccc(CO[C@@H]2CC(C(=O)NCc3ccc(F)cc3)N(C(=O)[C@@H](CCC3CCNCC3)NS(C)(=O)=O)C2)c(F)c1. The number of sulfonamides is 1. The van der Waals surface area contributed by atoms with E-state index in [-0.39, 0.29) is 37.1 Å². The van der Waals surface area contributed by atoms with E-state index in [1.54, 1.807) is 18.2 Å². The summed E-state index contributed by atoms with van der Waals surface area (Å²) in [4.78, 5) is 28.6.